The van der Waals surface area contributed by atoms with E-state index in [0.29, 0.717) is 0 Å². The summed E-state index contributed by atoms with van der Waals surface area (Å²) in [6, 6.07) is 0. The van der Waals surface area contributed by atoms with Crippen molar-refractivity contribution in [3.63, 3.8) is 0 Å². The van der Waals surface area contributed by atoms with Gasteiger partial charge >= 0.3 is 18.8 Å². The lowest BCUT2D eigenvalue weighted by molar-refractivity contribution is -0.585. The second-order valence-electron chi connectivity index (χ2n) is 1.54. The first-order valence-corrected chi connectivity index (χ1v) is 2.29. The molecule has 4 nitrogen and oxygen atoms in total. The van der Waals surface area contributed by atoms with E-state index in [1.165, 1.54) is 0 Å². The third kappa shape index (κ3) is 2.52. The number of hydrogen-bond donors (Lipinski definition) is 1. The van der Waals surface area contributed by atoms with Gasteiger partial charge in [-0.15, -0.1) is 4.89 Å². The molecule has 0 aliphatic carbocycles. The summed E-state index contributed by atoms with van der Waals surface area (Å²) < 4.78 is 59.1. The predicted octanol–water partition coefficient (Wildman–Crippen LogP) is 0.796. The first-order valence-electron chi connectivity index (χ1n) is 2.29. The summed E-state index contributed by atoms with van der Waals surface area (Å²) in [4.78, 5) is 2.09. The summed E-state index contributed by atoms with van der Waals surface area (Å²) in [7, 11) is 0. The molecule has 0 bridgehead atoms. The molecule has 1 N–H and O–H groups in total. The first-order chi connectivity index (χ1) is 5.23. The number of halogens is 5. The van der Waals surface area contributed by atoms with Crippen molar-refractivity contribution in [2.45, 2.75) is 18.8 Å². The van der Waals surface area contributed by atoms with E-state index in [4.69, 9.17) is 5.11 Å². The Balaban J connectivity index is 4.46. The molecule has 0 amide bonds. The summed E-state index contributed by atoms with van der Waals surface area (Å²) in [5, 5.41) is 17.2. The number of rotatable bonds is 3. The van der Waals surface area contributed by atoms with Gasteiger partial charge in [-0.1, -0.05) is 0 Å². The van der Waals surface area contributed by atoms with Crippen molar-refractivity contribution in [3.8, 4) is 0 Å². The maximum Gasteiger partial charge on any atom is 0.475 e. The average Bonchev–Trinajstić information content (AvgIpc) is 1.83. The SMILES string of the molecule is [O]OC(O)(OC(F)F)C(F)(F)F. The van der Waals surface area contributed by atoms with Crippen molar-refractivity contribution >= 4 is 0 Å². The highest BCUT2D eigenvalue weighted by molar-refractivity contribution is 4.63. The molecule has 0 saturated carbocycles. The Hall–Kier alpha value is -0.510. The van der Waals surface area contributed by atoms with Crippen LogP contribution in [0.2, 0.25) is 0 Å². The molecule has 1 unspecified atom stereocenters. The standard InChI is InChI=1S/C3H2F5O4/c4-1(5)11-3(9,12-10)2(6,7)8/h1,9H. The Morgan fingerprint density at radius 3 is 1.75 bits per heavy atom. The van der Waals surface area contributed by atoms with Gasteiger partial charge in [-0.2, -0.15) is 22.0 Å². The van der Waals surface area contributed by atoms with E-state index >= 15 is 0 Å². The normalized spacial score (nSPS) is 18.0. The van der Waals surface area contributed by atoms with Gasteiger partial charge < -0.3 is 5.11 Å². The largest absolute Gasteiger partial charge is 0.475 e. The molecule has 0 aliphatic rings. The van der Waals surface area contributed by atoms with Crippen molar-refractivity contribution in [3.05, 3.63) is 0 Å². The van der Waals surface area contributed by atoms with Crippen molar-refractivity contribution in [2.24, 2.45) is 0 Å². The van der Waals surface area contributed by atoms with E-state index in [-0.39, 0.29) is 0 Å². The van der Waals surface area contributed by atoms with Gasteiger partial charge in [-0.3, -0.25) is 4.74 Å². The van der Waals surface area contributed by atoms with E-state index < -0.39 is 18.8 Å². The molecule has 0 aliphatic heterocycles. The van der Waals surface area contributed by atoms with Crippen molar-refractivity contribution < 1.29 is 41.9 Å². The second kappa shape index (κ2) is 3.47. The van der Waals surface area contributed by atoms with Gasteiger partial charge in [0.1, 0.15) is 0 Å². The predicted molar refractivity (Wildman–Crippen MR) is 19.9 cm³/mol. The number of aliphatic hydroxyl groups is 1. The zero-order valence-corrected chi connectivity index (χ0v) is 5.14. The molecule has 1 atom stereocenters. The molecule has 0 spiro atoms. The molecule has 0 rings (SSSR count). The second-order valence-corrected chi connectivity index (χ2v) is 1.54. The molecule has 12 heavy (non-hydrogen) atoms. The summed E-state index contributed by atoms with van der Waals surface area (Å²) in [6.07, 6.45) is -5.74. The first kappa shape index (κ1) is 11.5. The minimum absolute atomic E-state index is 2.09. The van der Waals surface area contributed by atoms with Crippen LogP contribution in [-0.4, -0.2) is 23.9 Å². The topological polar surface area (TPSA) is 58.6 Å². The molecule has 0 aromatic heterocycles. The van der Waals surface area contributed by atoms with Gasteiger partial charge in [-0.05, 0) is 5.26 Å². The van der Waals surface area contributed by atoms with E-state index in [1.807, 2.05) is 0 Å². The third-order valence-corrected chi connectivity index (χ3v) is 0.720. The van der Waals surface area contributed by atoms with Gasteiger partial charge in [0, 0.05) is 0 Å². The minimum atomic E-state index is -5.74. The Labute approximate surface area is 62.0 Å². The van der Waals surface area contributed by atoms with Crippen LogP contribution in [0.3, 0.4) is 0 Å². The van der Waals surface area contributed by atoms with Crippen LogP contribution in [0.15, 0.2) is 0 Å². The van der Waals surface area contributed by atoms with Gasteiger partial charge in [0.15, 0.2) is 0 Å². The highest BCUT2D eigenvalue weighted by atomic mass is 19.4. The number of hydrogen-bond acceptors (Lipinski definition) is 3. The molecular weight excluding hydrogens is 195 g/mol. The average molecular weight is 197 g/mol. The zero-order chi connectivity index (χ0) is 9.99. The molecule has 0 fully saturated rings. The molecule has 73 valence electrons. The monoisotopic (exact) mass is 197 g/mol. The van der Waals surface area contributed by atoms with Crippen LogP contribution >= 0.6 is 0 Å². The van der Waals surface area contributed by atoms with Crippen molar-refractivity contribution in [1.29, 1.82) is 0 Å². The van der Waals surface area contributed by atoms with Gasteiger partial charge in [0.25, 0.3) is 0 Å². The van der Waals surface area contributed by atoms with Crippen molar-refractivity contribution in [1.82, 2.24) is 0 Å². The van der Waals surface area contributed by atoms with Crippen LogP contribution in [0.1, 0.15) is 0 Å². The van der Waals surface area contributed by atoms with E-state index in [2.05, 4.69) is 9.62 Å². The fraction of sp³-hybridized carbons (Fsp3) is 1.00. The highest BCUT2D eigenvalue weighted by Crippen LogP contribution is 2.33. The van der Waals surface area contributed by atoms with E-state index in [1.54, 1.807) is 0 Å². The van der Waals surface area contributed by atoms with Crippen molar-refractivity contribution in [2.75, 3.05) is 0 Å². The van der Waals surface area contributed by atoms with Crippen LogP contribution in [0.5, 0.6) is 0 Å². The van der Waals surface area contributed by atoms with Crippen LogP contribution < -0.4 is 0 Å². The lowest BCUT2D eigenvalue weighted by atomic mass is 10.5. The molecule has 1 radical (unpaired) electrons. The maximum atomic E-state index is 11.4. The third-order valence-electron chi connectivity index (χ3n) is 0.720. The summed E-state index contributed by atoms with van der Waals surface area (Å²) in [6.45, 7) is -3.98. The number of alkyl halides is 5. The Morgan fingerprint density at radius 1 is 1.25 bits per heavy atom. The molecule has 0 heterocycles. The number of ether oxygens (including phenoxy) is 1. The summed E-state index contributed by atoms with van der Waals surface area (Å²) >= 11 is 0. The van der Waals surface area contributed by atoms with Gasteiger partial charge in [-0.25, -0.2) is 0 Å². The lowest BCUT2D eigenvalue weighted by Crippen LogP contribution is -2.50. The van der Waals surface area contributed by atoms with Crippen LogP contribution in [0, 0.1) is 0 Å². The Morgan fingerprint density at radius 2 is 1.67 bits per heavy atom. The molecular formula is C3H2F5O4. The smallest absolute Gasteiger partial charge is 0.334 e. The fourth-order valence-corrected chi connectivity index (χ4v) is 0.254. The Kier molecular flexibility index (Phi) is 3.33. The Bertz CT molecular complexity index is 146. The lowest BCUT2D eigenvalue weighted by Gasteiger charge is -2.24. The fourth-order valence-electron chi connectivity index (χ4n) is 0.254. The highest BCUT2D eigenvalue weighted by Gasteiger charge is 2.60. The van der Waals surface area contributed by atoms with Gasteiger partial charge in [0.2, 0.25) is 0 Å². The summed E-state index contributed by atoms with van der Waals surface area (Å²) in [5.74, 6) is -4.80. The van der Waals surface area contributed by atoms with Crippen LogP contribution in [0.25, 0.3) is 0 Å². The molecule has 9 heteroatoms. The quantitative estimate of drug-likeness (QED) is 0.315. The summed E-state index contributed by atoms with van der Waals surface area (Å²) in [5.41, 5.74) is 0. The molecule has 0 aromatic carbocycles. The van der Waals surface area contributed by atoms with E-state index in [0.717, 1.165) is 0 Å². The molecule has 0 aromatic rings. The van der Waals surface area contributed by atoms with E-state index in [9.17, 15) is 27.2 Å². The van der Waals surface area contributed by atoms with Crippen LogP contribution in [-0.2, 0) is 14.9 Å². The van der Waals surface area contributed by atoms with Gasteiger partial charge in [0.05, 0.1) is 0 Å². The van der Waals surface area contributed by atoms with Crippen LogP contribution in [0.4, 0.5) is 22.0 Å². The zero-order valence-electron chi connectivity index (χ0n) is 5.14. The maximum absolute atomic E-state index is 11.4. The molecule has 0 saturated heterocycles. The minimum Gasteiger partial charge on any atom is -0.334 e.